The molecule has 17 heavy (non-hydrogen) atoms. The molecule has 1 atom stereocenters. The Morgan fingerprint density at radius 3 is 2.88 bits per heavy atom. The van der Waals surface area contributed by atoms with Crippen molar-refractivity contribution in [2.24, 2.45) is 0 Å². The van der Waals surface area contributed by atoms with E-state index in [1.807, 2.05) is 19.1 Å². The van der Waals surface area contributed by atoms with Gasteiger partial charge < -0.3 is 14.8 Å². The van der Waals surface area contributed by atoms with Crippen molar-refractivity contribution >= 4 is 0 Å². The van der Waals surface area contributed by atoms with E-state index in [9.17, 15) is 0 Å². The second-order valence-corrected chi connectivity index (χ2v) is 4.50. The quantitative estimate of drug-likeness (QED) is 0.783. The third-order valence-electron chi connectivity index (χ3n) is 2.83. The maximum absolute atomic E-state index is 5.54. The van der Waals surface area contributed by atoms with Crippen LogP contribution in [0.2, 0.25) is 0 Å². The van der Waals surface area contributed by atoms with E-state index < -0.39 is 0 Å². The van der Waals surface area contributed by atoms with Gasteiger partial charge in [-0.15, -0.1) is 0 Å². The SMILES string of the molecule is COC(C)COc1ccc(CNC2CC2)nc1. The van der Waals surface area contributed by atoms with Crippen LogP contribution in [0, 0.1) is 0 Å². The van der Waals surface area contributed by atoms with Crippen LogP contribution in [0.5, 0.6) is 5.75 Å². The Morgan fingerprint density at radius 2 is 2.29 bits per heavy atom. The maximum atomic E-state index is 5.54. The lowest BCUT2D eigenvalue weighted by Gasteiger charge is -2.11. The number of pyridine rings is 1. The Bertz CT molecular complexity index is 336. The lowest BCUT2D eigenvalue weighted by atomic mass is 10.3. The zero-order chi connectivity index (χ0) is 12.1. The fourth-order valence-electron chi connectivity index (χ4n) is 1.42. The number of hydrogen-bond donors (Lipinski definition) is 1. The van der Waals surface area contributed by atoms with E-state index in [0.717, 1.165) is 24.0 Å². The smallest absolute Gasteiger partial charge is 0.137 e. The average Bonchev–Trinajstić information content (AvgIpc) is 3.18. The Labute approximate surface area is 102 Å². The van der Waals surface area contributed by atoms with E-state index in [-0.39, 0.29) is 6.10 Å². The molecule has 0 spiro atoms. The van der Waals surface area contributed by atoms with Gasteiger partial charge in [0.25, 0.3) is 0 Å². The third kappa shape index (κ3) is 4.32. The first-order chi connectivity index (χ1) is 8.28. The molecule has 1 heterocycles. The molecule has 0 radical (unpaired) electrons. The van der Waals surface area contributed by atoms with Crippen LogP contribution in [0.4, 0.5) is 0 Å². The Hall–Kier alpha value is -1.13. The predicted octanol–water partition coefficient (Wildman–Crippen LogP) is 1.75. The van der Waals surface area contributed by atoms with Gasteiger partial charge in [0.05, 0.1) is 18.0 Å². The zero-order valence-corrected chi connectivity index (χ0v) is 10.5. The van der Waals surface area contributed by atoms with Crippen LogP contribution >= 0.6 is 0 Å². The van der Waals surface area contributed by atoms with Gasteiger partial charge in [0, 0.05) is 19.7 Å². The number of aromatic nitrogens is 1. The molecule has 1 saturated carbocycles. The monoisotopic (exact) mass is 236 g/mol. The normalized spacial score (nSPS) is 16.8. The molecule has 4 nitrogen and oxygen atoms in total. The molecular formula is C13H20N2O2. The van der Waals surface area contributed by atoms with Gasteiger partial charge in [-0.25, -0.2) is 0 Å². The molecule has 0 bridgehead atoms. The van der Waals surface area contributed by atoms with E-state index in [4.69, 9.17) is 9.47 Å². The summed E-state index contributed by atoms with van der Waals surface area (Å²) in [5, 5.41) is 3.43. The summed E-state index contributed by atoms with van der Waals surface area (Å²) < 4.78 is 10.7. The first-order valence-corrected chi connectivity index (χ1v) is 6.12. The molecule has 0 aromatic carbocycles. The van der Waals surface area contributed by atoms with Crippen molar-refractivity contribution in [3.05, 3.63) is 24.0 Å². The molecule has 1 aliphatic carbocycles. The molecule has 1 aromatic rings. The second kappa shape index (κ2) is 5.98. The fraction of sp³-hybridized carbons (Fsp3) is 0.615. The fourth-order valence-corrected chi connectivity index (χ4v) is 1.42. The Balaban J connectivity index is 1.75. The summed E-state index contributed by atoms with van der Waals surface area (Å²) in [4.78, 5) is 4.35. The van der Waals surface area contributed by atoms with Gasteiger partial charge in [-0.3, -0.25) is 4.98 Å². The van der Waals surface area contributed by atoms with Gasteiger partial charge in [0.1, 0.15) is 12.4 Å². The van der Waals surface area contributed by atoms with Crippen LogP contribution in [-0.4, -0.2) is 30.8 Å². The van der Waals surface area contributed by atoms with Gasteiger partial charge in [0.2, 0.25) is 0 Å². The number of nitrogens with zero attached hydrogens (tertiary/aromatic N) is 1. The van der Waals surface area contributed by atoms with Crippen molar-refractivity contribution in [2.75, 3.05) is 13.7 Å². The summed E-state index contributed by atoms with van der Waals surface area (Å²) >= 11 is 0. The summed E-state index contributed by atoms with van der Waals surface area (Å²) in [6.45, 7) is 3.37. The second-order valence-electron chi connectivity index (χ2n) is 4.50. The Morgan fingerprint density at radius 1 is 1.47 bits per heavy atom. The van der Waals surface area contributed by atoms with Crippen molar-refractivity contribution in [3.8, 4) is 5.75 Å². The summed E-state index contributed by atoms with van der Waals surface area (Å²) in [7, 11) is 1.68. The highest BCUT2D eigenvalue weighted by Crippen LogP contribution is 2.19. The molecule has 0 amide bonds. The number of nitrogens with one attached hydrogen (secondary N) is 1. The zero-order valence-electron chi connectivity index (χ0n) is 10.5. The number of methoxy groups -OCH3 is 1. The molecule has 0 saturated heterocycles. The molecular weight excluding hydrogens is 216 g/mol. The number of ether oxygens (including phenoxy) is 2. The molecule has 1 fully saturated rings. The lowest BCUT2D eigenvalue weighted by molar-refractivity contribution is 0.0715. The number of rotatable bonds is 7. The molecule has 1 N–H and O–H groups in total. The largest absolute Gasteiger partial charge is 0.489 e. The van der Waals surface area contributed by atoms with Crippen molar-refractivity contribution in [3.63, 3.8) is 0 Å². The van der Waals surface area contributed by atoms with Crippen molar-refractivity contribution < 1.29 is 9.47 Å². The van der Waals surface area contributed by atoms with Crippen LogP contribution in [0.3, 0.4) is 0 Å². The summed E-state index contributed by atoms with van der Waals surface area (Å²) in [6, 6.07) is 4.68. The summed E-state index contributed by atoms with van der Waals surface area (Å²) in [5.74, 6) is 0.795. The molecule has 1 aliphatic rings. The van der Waals surface area contributed by atoms with Crippen LogP contribution in [0.15, 0.2) is 18.3 Å². The van der Waals surface area contributed by atoms with Crippen LogP contribution < -0.4 is 10.1 Å². The minimum Gasteiger partial charge on any atom is -0.489 e. The van der Waals surface area contributed by atoms with Crippen molar-refractivity contribution in [1.82, 2.24) is 10.3 Å². The lowest BCUT2D eigenvalue weighted by Crippen LogP contribution is -2.17. The van der Waals surface area contributed by atoms with Crippen molar-refractivity contribution in [1.29, 1.82) is 0 Å². The third-order valence-corrected chi connectivity index (χ3v) is 2.83. The highest BCUT2D eigenvalue weighted by molar-refractivity contribution is 5.19. The molecule has 0 aliphatic heterocycles. The summed E-state index contributed by atoms with van der Waals surface area (Å²) in [5.41, 5.74) is 1.06. The van der Waals surface area contributed by atoms with Crippen molar-refractivity contribution in [2.45, 2.75) is 38.5 Å². The first kappa shape index (κ1) is 12.3. The highest BCUT2D eigenvalue weighted by Gasteiger charge is 2.19. The first-order valence-electron chi connectivity index (χ1n) is 6.12. The predicted molar refractivity (Wildman–Crippen MR) is 66.1 cm³/mol. The molecule has 94 valence electrons. The van der Waals surface area contributed by atoms with Gasteiger partial charge in [-0.05, 0) is 31.9 Å². The molecule has 1 unspecified atom stereocenters. The minimum absolute atomic E-state index is 0.103. The van der Waals surface area contributed by atoms with Gasteiger partial charge in [0.15, 0.2) is 0 Å². The van der Waals surface area contributed by atoms with E-state index in [2.05, 4.69) is 10.3 Å². The van der Waals surface area contributed by atoms with E-state index in [1.165, 1.54) is 12.8 Å². The maximum Gasteiger partial charge on any atom is 0.137 e. The summed E-state index contributed by atoms with van der Waals surface area (Å²) in [6.07, 6.45) is 4.48. The van der Waals surface area contributed by atoms with Gasteiger partial charge in [-0.2, -0.15) is 0 Å². The molecule has 2 rings (SSSR count). The number of hydrogen-bond acceptors (Lipinski definition) is 4. The van der Waals surface area contributed by atoms with Gasteiger partial charge >= 0.3 is 0 Å². The van der Waals surface area contributed by atoms with E-state index in [0.29, 0.717) is 6.61 Å². The average molecular weight is 236 g/mol. The van der Waals surface area contributed by atoms with Crippen LogP contribution in [-0.2, 0) is 11.3 Å². The van der Waals surface area contributed by atoms with Crippen LogP contribution in [0.25, 0.3) is 0 Å². The van der Waals surface area contributed by atoms with E-state index in [1.54, 1.807) is 13.3 Å². The van der Waals surface area contributed by atoms with Gasteiger partial charge in [-0.1, -0.05) is 0 Å². The van der Waals surface area contributed by atoms with E-state index >= 15 is 0 Å². The topological polar surface area (TPSA) is 43.4 Å². The standard InChI is InChI=1S/C13H20N2O2/c1-10(16-2)9-17-13-6-5-12(15-8-13)7-14-11-3-4-11/h5-6,8,10-11,14H,3-4,7,9H2,1-2H3. The Kier molecular flexibility index (Phi) is 4.34. The molecule has 4 heteroatoms. The highest BCUT2D eigenvalue weighted by atomic mass is 16.5. The molecule has 1 aromatic heterocycles. The minimum atomic E-state index is 0.103. The van der Waals surface area contributed by atoms with Crippen LogP contribution in [0.1, 0.15) is 25.5 Å².